The molecule has 3 heteroatoms. The Kier molecular flexibility index (Phi) is 5.55. The Hall–Kier alpha value is -0.830. The van der Waals surface area contributed by atoms with Crippen molar-refractivity contribution in [2.24, 2.45) is 56.7 Å². The van der Waals surface area contributed by atoms with Gasteiger partial charge in [0.2, 0.25) is 0 Å². The topological polar surface area (TPSA) is 46.5 Å². The predicted octanol–water partition coefficient (Wildman–Crippen LogP) is 7.18. The molecule has 0 radical (unpaired) electrons. The fraction of sp³-hybridized carbons (Fsp3) is 0.903. The summed E-state index contributed by atoms with van der Waals surface area (Å²) in [5.74, 6) is 2.79. The average Bonchev–Trinajstić information content (AvgIpc) is 2.79. The molecule has 5 aliphatic rings. The van der Waals surface area contributed by atoms with Crippen LogP contribution in [-0.4, -0.2) is 24.3 Å². The van der Waals surface area contributed by atoms with Crippen LogP contribution in [0, 0.1) is 56.7 Å². The summed E-state index contributed by atoms with van der Waals surface area (Å²) in [5.41, 5.74) is 1.98. The van der Waals surface area contributed by atoms with Gasteiger partial charge in [-0.1, -0.05) is 53.2 Å². The lowest BCUT2D eigenvalue weighted by Gasteiger charge is -2.71. The monoisotopic (exact) mass is 470 g/mol. The standard InChI is InChI=1S/C31H50O3/c1-19-11-14-27(3)17-18-29(5)21(25(27)20(19)2)9-10-22-28(4)15-13-24(32)31(7,26(33)34-8)23(28)12-16-30(22,29)6/h9,19-20,22-25,32H,10-18H2,1-8H3/t19-,20+,22-,23+,24-,25+,27-,28-,29-,30-,31-/m1/s1. The van der Waals surface area contributed by atoms with Crippen LogP contribution in [0.2, 0.25) is 0 Å². The lowest BCUT2D eigenvalue weighted by Crippen LogP contribution is -2.66. The molecule has 1 N–H and O–H groups in total. The summed E-state index contributed by atoms with van der Waals surface area (Å²) >= 11 is 0. The molecule has 3 nitrogen and oxygen atoms in total. The fourth-order valence-corrected chi connectivity index (χ4v) is 11.0. The second kappa shape index (κ2) is 7.59. The van der Waals surface area contributed by atoms with Crippen molar-refractivity contribution in [2.45, 2.75) is 112 Å². The number of rotatable bonds is 1. The number of ether oxygens (including phenoxy) is 1. The van der Waals surface area contributed by atoms with E-state index < -0.39 is 11.5 Å². The third kappa shape index (κ3) is 2.83. The quantitative estimate of drug-likeness (QED) is 0.326. The van der Waals surface area contributed by atoms with E-state index in [0.717, 1.165) is 37.5 Å². The van der Waals surface area contributed by atoms with Crippen molar-refractivity contribution in [2.75, 3.05) is 7.11 Å². The molecule has 11 atom stereocenters. The van der Waals surface area contributed by atoms with Crippen molar-refractivity contribution in [3.05, 3.63) is 11.6 Å². The summed E-state index contributed by atoms with van der Waals surface area (Å²) in [6.07, 6.45) is 12.5. The zero-order valence-corrected chi connectivity index (χ0v) is 23.2. The molecule has 5 aliphatic carbocycles. The summed E-state index contributed by atoms with van der Waals surface area (Å²) in [6.45, 7) is 17.3. The van der Waals surface area contributed by atoms with Gasteiger partial charge in [0.25, 0.3) is 0 Å². The molecule has 0 unspecified atom stereocenters. The van der Waals surface area contributed by atoms with Gasteiger partial charge in [-0.2, -0.15) is 0 Å². The molecule has 5 rings (SSSR count). The summed E-state index contributed by atoms with van der Waals surface area (Å²) in [7, 11) is 1.49. The first-order valence-electron chi connectivity index (χ1n) is 14.3. The lowest BCUT2D eigenvalue weighted by molar-refractivity contribution is -0.218. The Labute approximate surface area is 208 Å². The van der Waals surface area contributed by atoms with Crippen LogP contribution in [0.3, 0.4) is 0 Å². The summed E-state index contributed by atoms with van der Waals surface area (Å²) in [5, 5.41) is 11.1. The van der Waals surface area contributed by atoms with E-state index >= 15 is 0 Å². The molecule has 192 valence electrons. The Bertz CT molecular complexity index is 893. The van der Waals surface area contributed by atoms with Crippen molar-refractivity contribution < 1.29 is 14.6 Å². The highest BCUT2D eigenvalue weighted by Crippen LogP contribution is 2.75. The van der Waals surface area contributed by atoms with E-state index in [4.69, 9.17) is 4.74 Å². The van der Waals surface area contributed by atoms with E-state index in [-0.39, 0.29) is 28.1 Å². The van der Waals surface area contributed by atoms with Crippen LogP contribution < -0.4 is 0 Å². The van der Waals surface area contributed by atoms with Gasteiger partial charge in [0, 0.05) is 0 Å². The van der Waals surface area contributed by atoms with Gasteiger partial charge < -0.3 is 9.84 Å². The van der Waals surface area contributed by atoms with E-state index in [1.165, 1.54) is 32.8 Å². The van der Waals surface area contributed by atoms with Crippen LogP contribution in [0.5, 0.6) is 0 Å². The number of esters is 1. The maximum Gasteiger partial charge on any atom is 0.314 e. The predicted molar refractivity (Wildman–Crippen MR) is 137 cm³/mol. The number of fused-ring (bicyclic) bond motifs is 7. The van der Waals surface area contributed by atoms with Gasteiger partial charge in [-0.05, 0) is 116 Å². The van der Waals surface area contributed by atoms with Gasteiger partial charge in [-0.25, -0.2) is 0 Å². The summed E-state index contributed by atoms with van der Waals surface area (Å²) in [6, 6.07) is 0. The normalized spacial score (nSPS) is 56.8. The third-order valence-electron chi connectivity index (χ3n) is 13.7. The molecule has 0 aliphatic heterocycles. The van der Waals surface area contributed by atoms with Crippen LogP contribution >= 0.6 is 0 Å². The largest absolute Gasteiger partial charge is 0.469 e. The first-order valence-corrected chi connectivity index (χ1v) is 14.3. The molecule has 0 heterocycles. The average molecular weight is 471 g/mol. The summed E-state index contributed by atoms with van der Waals surface area (Å²) in [4.78, 5) is 13.1. The van der Waals surface area contributed by atoms with Crippen LogP contribution in [0.1, 0.15) is 106 Å². The van der Waals surface area contributed by atoms with Crippen LogP contribution in [-0.2, 0) is 9.53 Å². The SMILES string of the molecule is COC(=O)[C@@]1(C)[C@H](O)CC[C@]2(C)[C@H]3CC=C4[C@@H]5[C@@H](C)[C@H](C)CC[C@]5(C)CC[C@@]4(C)[C@]3(C)CC[C@@H]21. The second-order valence-corrected chi connectivity index (χ2v) is 14.6. The first kappa shape index (κ1) is 24.8. The fourth-order valence-electron chi connectivity index (χ4n) is 11.0. The van der Waals surface area contributed by atoms with E-state index in [2.05, 4.69) is 47.6 Å². The van der Waals surface area contributed by atoms with E-state index in [0.29, 0.717) is 23.7 Å². The molecular formula is C31H50O3. The zero-order valence-electron chi connectivity index (χ0n) is 23.2. The molecule has 0 spiro atoms. The highest BCUT2D eigenvalue weighted by atomic mass is 16.5. The summed E-state index contributed by atoms with van der Waals surface area (Å²) < 4.78 is 5.31. The van der Waals surface area contributed by atoms with Gasteiger partial charge in [-0.3, -0.25) is 4.79 Å². The Morgan fingerprint density at radius 3 is 2.32 bits per heavy atom. The van der Waals surface area contributed by atoms with Gasteiger partial charge in [0.15, 0.2) is 0 Å². The molecule has 0 amide bonds. The molecule has 0 saturated heterocycles. The highest BCUT2D eigenvalue weighted by Gasteiger charge is 2.69. The number of aliphatic hydroxyl groups is 1. The maximum absolute atomic E-state index is 13.1. The number of hydrogen-bond donors (Lipinski definition) is 1. The Balaban J connectivity index is 1.59. The minimum Gasteiger partial charge on any atom is -0.469 e. The number of methoxy groups -OCH3 is 1. The zero-order chi connectivity index (χ0) is 24.9. The Morgan fingerprint density at radius 1 is 0.941 bits per heavy atom. The van der Waals surface area contributed by atoms with E-state index in [9.17, 15) is 9.90 Å². The Morgan fingerprint density at radius 2 is 1.65 bits per heavy atom. The molecule has 0 aromatic rings. The maximum atomic E-state index is 13.1. The van der Waals surface area contributed by atoms with E-state index in [1.807, 2.05) is 6.92 Å². The van der Waals surface area contributed by atoms with Crippen molar-refractivity contribution in [1.29, 1.82) is 0 Å². The van der Waals surface area contributed by atoms with Crippen molar-refractivity contribution in [3.63, 3.8) is 0 Å². The molecule has 0 aromatic carbocycles. The molecule has 0 aromatic heterocycles. The highest BCUT2D eigenvalue weighted by molar-refractivity contribution is 5.78. The number of carbonyl (C=O) groups is 1. The molecule has 4 saturated carbocycles. The number of allylic oxidation sites excluding steroid dienone is 2. The van der Waals surface area contributed by atoms with Crippen LogP contribution in [0.15, 0.2) is 11.6 Å². The first-order chi connectivity index (χ1) is 15.8. The smallest absolute Gasteiger partial charge is 0.314 e. The van der Waals surface area contributed by atoms with Gasteiger partial charge >= 0.3 is 5.97 Å². The second-order valence-electron chi connectivity index (χ2n) is 14.6. The molecule has 0 bridgehead atoms. The number of aliphatic hydroxyl groups excluding tert-OH is 1. The van der Waals surface area contributed by atoms with Crippen LogP contribution in [0.4, 0.5) is 0 Å². The van der Waals surface area contributed by atoms with Crippen molar-refractivity contribution in [3.8, 4) is 0 Å². The lowest BCUT2D eigenvalue weighted by atomic mass is 9.33. The van der Waals surface area contributed by atoms with Gasteiger partial charge in [-0.15, -0.1) is 0 Å². The van der Waals surface area contributed by atoms with Gasteiger partial charge in [0.05, 0.1) is 18.6 Å². The van der Waals surface area contributed by atoms with Crippen molar-refractivity contribution >= 4 is 5.97 Å². The van der Waals surface area contributed by atoms with Gasteiger partial charge in [0.1, 0.15) is 0 Å². The molecule has 34 heavy (non-hydrogen) atoms. The van der Waals surface area contributed by atoms with Crippen molar-refractivity contribution in [1.82, 2.24) is 0 Å². The minimum absolute atomic E-state index is 0.0480. The number of carbonyl (C=O) groups excluding carboxylic acids is 1. The minimum atomic E-state index is -0.799. The van der Waals surface area contributed by atoms with E-state index in [1.54, 1.807) is 5.57 Å². The third-order valence-corrected chi connectivity index (χ3v) is 13.7. The van der Waals surface area contributed by atoms with Crippen LogP contribution in [0.25, 0.3) is 0 Å². The molecule has 4 fully saturated rings. The molecular weight excluding hydrogens is 420 g/mol. The number of hydrogen-bond acceptors (Lipinski definition) is 3.